The van der Waals surface area contributed by atoms with Crippen LogP contribution in [0.25, 0.3) is 0 Å². The van der Waals surface area contributed by atoms with E-state index in [1.807, 2.05) is 19.3 Å². The van der Waals surface area contributed by atoms with E-state index in [-0.39, 0.29) is 11.9 Å². The largest absolute Gasteiger partial charge is 0.303 e. The second-order valence-corrected chi connectivity index (χ2v) is 4.62. The van der Waals surface area contributed by atoms with Crippen LogP contribution in [0, 0.1) is 0 Å². The van der Waals surface area contributed by atoms with E-state index in [4.69, 9.17) is 0 Å². The zero-order valence-electron chi connectivity index (χ0n) is 9.39. The number of carbonyl (C=O) groups excluding carboxylic acids is 1. The highest BCUT2D eigenvalue weighted by Crippen LogP contribution is 2.24. The Morgan fingerprint density at radius 3 is 2.88 bits per heavy atom. The molecular formula is C11H16N4O. The summed E-state index contributed by atoms with van der Waals surface area (Å²) >= 11 is 0. The number of aryl methyl sites for hydroxylation is 1. The van der Waals surface area contributed by atoms with Crippen molar-refractivity contribution in [3.05, 3.63) is 12.3 Å². The SMILES string of the molecule is Cn1ccc(N2CCC(NC3CC3)C2=O)n1. The maximum absolute atomic E-state index is 12.1. The van der Waals surface area contributed by atoms with Crippen LogP contribution in [-0.4, -0.2) is 34.3 Å². The van der Waals surface area contributed by atoms with Gasteiger partial charge < -0.3 is 5.32 Å². The molecule has 1 N–H and O–H groups in total. The average Bonchev–Trinajstić information content (AvgIpc) is 2.87. The van der Waals surface area contributed by atoms with Gasteiger partial charge in [0.15, 0.2) is 5.82 Å². The molecule has 0 bridgehead atoms. The Morgan fingerprint density at radius 1 is 1.44 bits per heavy atom. The number of aromatic nitrogens is 2. The lowest BCUT2D eigenvalue weighted by atomic mass is 10.2. The molecule has 1 amide bonds. The lowest BCUT2D eigenvalue weighted by Crippen LogP contribution is -2.39. The number of carbonyl (C=O) groups is 1. The molecule has 2 heterocycles. The van der Waals surface area contributed by atoms with Gasteiger partial charge in [0.25, 0.3) is 0 Å². The van der Waals surface area contributed by atoms with Crippen LogP contribution in [-0.2, 0) is 11.8 Å². The van der Waals surface area contributed by atoms with E-state index in [9.17, 15) is 4.79 Å². The lowest BCUT2D eigenvalue weighted by molar-refractivity contribution is -0.118. The van der Waals surface area contributed by atoms with E-state index in [1.165, 1.54) is 12.8 Å². The van der Waals surface area contributed by atoms with Gasteiger partial charge in [-0.1, -0.05) is 0 Å². The number of rotatable bonds is 3. The quantitative estimate of drug-likeness (QED) is 0.796. The Balaban J connectivity index is 1.71. The summed E-state index contributed by atoms with van der Waals surface area (Å²) in [4.78, 5) is 13.9. The third kappa shape index (κ3) is 1.71. The van der Waals surface area contributed by atoms with E-state index >= 15 is 0 Å². The molecule has 1 saturated heterocycles. The van der Waals surface area contributed by atoms with Crippen LogP contribution in [0.5, 0.6) is 0 Å². The second-order valence-electron chi connectivity index (χ2n) is 4.62. The molecule has 2 fully saturated rings. The first kappa shape index (κ1) is 9.84. The predicted octanol–water partition coefficient (Wildman–Crippen LogP) is 0.277. The summed E-state index contributed by atoms with van der Waals surface area (Å²) < 4.78 is 1.73. The van der Waals surface area contributed by atoms with Gasteiger partial charge in [0.2, 0.25) is 5.91 Å². The van der Waals surface area contributed by atoms with E-state index < -0.39 is 0 Å². The number of amides is 1. The van der Waals surface area contributed by atoms with Crippen LogP contribution in [0.15, 0.2) is 12.3 Å². The van der Waals surface area contributed by atoms with Crippen LogP contribution in [0.3, 0.4) is 0 Å². The topological polar surface area (TPSA) is 50.2 Å². The first-order chi connectivity index (χ1) is 7.74. The number of anilines is 1. The Kier molecular flexibility index (Phi) is 2.21. The molecular weight excluding hydrogens is 204 g/mol. The van der Waals surface area contributed by atoms with Gasteiger partial charge in [0, 0.05) is 31.9 Å². The van der Waals surface area contributed by atoms with Crippen molar-refractivity contribution in [1.82, 2.24) is 15.1 Å². The predicted molar refractivity (Wildman–Crippen MR) is 60.1 cm³/mol. The fourth-order valence-corrected chi connectivity index (χ4v) is 2.14. The van der Waals surface area contributed by atoms with Crippen LogP contribution < -0.4 is 10.2 Å². The van der Waals surface area contributed by atoms with E-state index in [2.05, 4.69) is 10.4 Å². The number of nitrogens with one attached hydrogen (secondary N) is 1. The van der Waals surface area contributed by atoms with Gasteiger partial charge in [0.05, 0.1) is 6.04 Å². The Hall–Kier alpha value is -1.36. The minimum Gasteiger partial charge on any atom is -0.303 e. The molecule has 0 spiro atoms. The summed E-state index contributed by atoms with van der Waals surface area (Å²) in [5.74, 6) is 0.943. The van der Waals surface area contributed by atoms with Gasteiger partial charge in [-0.15, -0.1) is 0 Å². The van der Waals surface area contributed by atoms with Gasteiger partial charge in [-0.2, -0.15) is 5.10 Å². The molecule has 0 aromatic carbocycles. The lowest BCUT2D eigenvalue weighted by Gasteiger charge is -2.14. The summed E-state index contributed by atoms with van der Waals surface area (Å²) in [7, 11) is 1.87. The molecule has 2 aliphatic rings. The third-order valence-electron chi connectivity index (χ3n) is 3.20. The van der Waals surface area contributed by atoms with Gasteiger partial charge in [-0.25, -0.2) is 0 Å². The van der Waals surface area contributed by atoms with Gasteiger partial charge in [-0.3, -0.25) is 14.4 Å². The summed E-state index contributed by atoms with van der Waals surface area (Å²) in [6.07, 6.45) is 5.19. The highest BCUT2D eigenvalue weighted by molar-refractivity contribution is 5.98. The maximum atomic E-state index is 12.1. The molecule has 1 aromatic rings. The van der Waals surface area contributed by atoms with Crippen LogP contribution in [0.2, 0.25) is 0 Å². The molecule has 0 radical (unpaired) electrons. The first-order valence-electron chi connectivity index (χ1n) is 5.81. The van der Waals surface area contributed by atoms with E-state index in [0.29, 0.717) is 6.04 Å². The van der Waals surface area contributed by atoms with Crippen LogP contribution in [0.4, 0.5) is 5.82 Å². The minimum atomic E-state index is 0.00880. The van der Waals surface area contributed by atoms with Crippen molar-refractivity contribution in [2.75, 3.05) is 11.4 Å². The smallest absolute Gasteiger partial charge is 0.245 e. The maximum Gasteiger partial charge on any atom is 0.245 e. The van der Waals surface area contributed by atoms with Crippen molar-refractivity contribution >= 4 is 11.7 Å². The number of hydrogen-bond donors (Lipinski definition) is 1. The van der Waals surface area contributed by atoms with Gasteiger partial charge in [-0.05, 0) is 19.3 Å². The Labute approximate surface area is 94.4 Å². The zero-order chi connectivity index (χ0) is 11.1. The minimum absolute atomic E-state index is 0.00880. The standard InChI is InChI=1S/C11H16N4O/c1-14-6-5-10(13-14)15-7-4-9(11(15)16)12-8-2-3-8/h5-6,8-9,12H,2-4,7H2,1H3. The number of nitrogens with zero attached hydrogens (tertiary/aromatic N) is 3. The molecule has 3 rings (SSSR count). The fourth-order valence-electron chi connectivity index (χ4n) is 2.14. The van der Waals surface area contributed by atoms with E-state index in [0.717, 1.165) is 18.8 Å². The Morgan fingerprint density at radius 2 is 2.25 bits per heavy atom. The number of hydrogen-bond acceptors (Lipinski definition) is 3. The monoisotopic (exact) mass is 220 g/mol. The molecule has 1 aliphatic carbocycles. The van der Waals surface area contributed by atoms with Crippen molar-refractivity contribution in [2.24, 2.45) is 7.05 Å². The summed E-state index contributed by atoms with van der Waals surface area (Å²) in [5.41, 5.74) is 0. The molecule has 1 saturated carbocycles. The van der Waals surface area contributed by atoms with Crippen LogP contribution >= 0.6 is 0 Å². The molecule has 1 aromatic heterocycles. The van der Waals surface area contributed by atoms with Gasteiger partial charge in [0.1, 0.15) is 0 Å². The normalized spacial score (nSPS) is 25.4. The molecule has 1 aliphatic heterocycles. The van der Waals surface area contributed by atoms with Crippen molar-refractivity contribution in [1.29, 1.82) is 0 Å². The van der Waals surface area contributed by atoms with Crippen molar-refractivity contribution in [2.45, 2.75) is 31.3 Å². The fraction of sp³-hybridized carbons (Fsp3) is 0.636. The first-order valence-corrected chi connectivity index (χ1v) is 5.81. The molecule has 5 heteroatoms. The summed E-state index contributed by atoms with van der Waals surface area (Å²) in [5, 5.41) is 7.65. The zero-order valence-corrected chi connectivity index (χ0v) is 9.39. The summed E-state index contributed by atoms with van der Waals surface area (Å²) in [6, 6.07) is 2.48. The van der Waals surface area contributed by atoms with E-state index in [1.54, 1.807) is 9.58 Å². The highest BCUT2D eigenvalue weighted by Gasteiger charge is 2.36. The van der Waals surface area contributed by atoms with Crippen molar-refractivity contribution in [3.8, 4) is 0 Å². The van der Waals surface area contributed by atoms with Crippen LogP contribution in [0.1, 0.15) is 19.3 Å². The summed E-state index contributed by atoms with van der Waals surface area (Å²) in [6.45, 7) is 0.778. The van der Waals surface area contributed by atoms with Gasteiger partial charge >= 0.3 is 0 Å². The average molecular weight is 220 g/mol. The Bertz CT molecular complexity index is 410. The molecule has 5 nitrogen and oxygen atoms in total. The molecule has 1 unspecified atom stereocenters. The molecule has 86 valence electrons. The second kappa shape index (κ2) is 3.59. The van der Waals surface area contributed by atoms with Crippen molar-refractivity contribution in [3.63, 3.8) is 0 Å². The molecule has 16 heavy (non-hydrogen) atoms. The molecule has 1 atom stereocenters. The third-order valence-corrected chi connectivity index (χ3v) is 3.20. The van der Waals surface area contributed by atoms with Crippen molar-refractivity contribution < 1.29 is 4.79 Å². The highest BCUT2D eigenvalue weighted by atomic mass is 16.2.